The maximum Gasteiger partial charge on any atom is 0.251 e. The van der Waals surface area contributed by atoms with Gasteiger partial charge in [0.05, 0.1) is 13.7 Å². The molecule has 18 heavy (non-hydrogen) atoms. The van der Waals surface area contributed by atoms with Crippen molar-refractivity contribution < 1.29 is 14.3 Å². The van der Waals surface area contributed by atoms with Crippen LogP contribution in [0.5, 0.6) is 5.75 Å². The Bertz CT molecular complexity index is 426. The van der Waals surface area contributed by atoms with Crippen LogP contribution in [0.4, 0.5) is 0 Å². The molecule has 0 saturated carbocycles. The summed E-state index contributed by atoms with van der Waals surface area (Å²) >= 11 is 0. The largest absolute Gasteiger partial charge is 0.497 e. The lowest BCUT2D eigenvalue weighted by Gasteiger charge is -2.06. The van der Waals surface area contributed by atoms with Gasteiger partial charge in [0.1, 0.15) is 5.75 Å². The third-order valence-electron chi connectivity index (χ3n) is 2.21. The van der Waals surface area contributed by atoms with E-state index in [1.165, 1.54) is 0 Å². The fraction of sp³-hybridized carbons (Fsp3) is 0.231. The zero-order valence-corrected chi connectivity index (χ0v) is 10.2. The van der Waals surface area contributed by atoms with E-state index in [1.54, 1.807) is 37.5 Å². The fourth-order valence-corrected chi connectivity index (χ4v) is 1.25. The van der Waals surface area contributed by atoms with Crippen molar-refractivity contribution in [2.24, 2.45) is 0 Å². The predicted molar refractivity (Wildman–Crippen MR) is 68.5 cm³/mol. The minimum atomic E-state index is -0.300. The summed E-state index contributed by atoms with van der Waals surface area (Å²) in [6.07, 6.45) is 1.57. The Morgan fingerprint density at radius 1 is 1.28 bits per heavy atom. The second-order valence-electron chi connectivity index (χ2n) is 3.50. The van der Waals surface area contributed by atoms with E-state index in [1.807, 2.05) is 0 Å². The number of hydrogen-bond acceptors (Lipinski definition) is 3. The number of benzene rings is 1. The summed E-state index contributed by atoms with van der Waals surface area (Å²) in [5.41, 5.74) is 0.479. The molecule has 0 fully saturated rings. The number of nitrogens with one attached hydrogen (secondary N) is 2. The molecule has 96 valence electrons. The first-order chi connectivity index (χ1) is 8.67. The highest BCUT2D eigenvalue weighted by Crippen LogP contribution is 2.10. The average Bonchev–Trinajstić information content (AvgIpc) is 2.42. The quantitative estimate of drug-likeness (QED) is 0.729. The highest BCUT2D eigenvalue weighted by molar-refractivity contribution is 5.96. The van der Waals surface area contributed by atoms with Crippen LogP contribution in [0, 0.1) is 0 Å². The fourth-order valence-electron chi connectivity index (χ4n) is 1.25. The maximum atomic E-state index is 11.7. The van der Waals surface area contributed by atoms with E-state index in [0.29, 0.717) is 17.9 Å². The number of carbonyl (C=O) groups excluding carboxylic acids is 2. The third kappa shape index (κ3) is 4.29. The standard InChI is InChI=1S/C13H16N2O3/c1-3-8-14-12(16)9-15-13(17)10-4-6-11(18-2)7-5-10/h3-7H,1,8-9H2,2H3,(H,14,16)(H,15,17). The Kier molecular flexibility index (Phi) is 5.44. The van der Waals surface area contributed by atoms with Gasteiger partial charge in [0, 0.05) is 12.1 Å². The van der Waals surface area contributed by atoms with Crippen molar-refractivity contribution in [3.63, 3.8) is 0 Å². The first kappa shape index (κ1) is 13.8. The number of rotatable bonds is 6. The van der Waals surface area contributed by atoms with Crippen molar-refractivity contribution in [2.75, 3.05) is 20.2 Å². The van der Waals surface area contributed by atoms with E-state index in [9.17, 15) is 9.59 Å². The van der Waals surface area contributed by atoms with Crippen molar-refractivity contribution >= 4 is 11.8 Å². The molecule has 5 heteroatoms. The monoisotopic (exact) mass is 248 g/mol. The molecule has 0 spiro atoms. The molecular formula is C13H16N2O3. The van der Waals surface area contributed by atoms with Crippen molar-refractivity contribution in [3.05, 3.63) is 42.5 Å². The average molecular weight is 248 g/mol. The molecule has 0 radical (unpaired) electrons. The molecule has 2 amide bonds. The van der Waals surface area contributed by atoms with E-state index < -0.39 is 0 Å². The van der Waals surface area contributed by atoms with Gasteiger partial charge < -0.3 is 15.4 Å². The number of carbonyl (C=O) groups is 2. The van der Waals surface area contributed by atoms with Crippen LogP contribution in [-0.4, -0.2) is 32.0 Å². The number of hydrogen-bond donors (Lipinski definition) is 2. The first-order valence-electron chi connectivity index (χ1n) is 5.47. The Labute approximate surface area is 106 Å². The molecule has 0 aliphatic rings. The second-order valence-corrected chi connectivity index (χ2v) is 3.50. The minimum absolute atomic E-state index is 0.0568. The van der Waals surface area contributed by atoms with Crippen LogP contribution in [0.15, 0.2) is 36.9 Å². The summed E-state index contributed by atoms with van der Waals surface area (Å²) in [4.78, 5) is 22.9. The zero-order chi connectivity index (χ0) is 13.4. The Morgan fingerprint density at radius 3 is 2.50 bits per heavy atom. The van der Waals surface area contributed by atoms with Gasteiger partial charge in [-0.15, -0.1) is 6.58 Å². The highest BCUT2D eigenvalue weighted by atomic mass is 16.5. The van der Waals surface area contributed by atoms with Gasteiger partial charge in [-0.1, -0.05) is 6.08 Å². The summed E-state index contributed by atoms with van der Waals surface area (Å²) in [6, 6.07) is 6.64. The Balaban J connectivity index is 2.44. The smallest absolute Gasteiger partial charge is 0.251 e. The van der Waals surface area contributed by atoms with E-state index in [0.717, 1.165) is 0 Å². The first-order valence-corrected chi connectivity index (χ1v) is 5.47. The lowest BCUT2D eigenvalue weighted by Crippen LogP contribution is -2.36. The normalized spacial score (nSPS) is 9.39. The van der Waals surface area contributed by atoms with Gasteiger partial charge in [-0.3, -0.25) is 9.59 Å². The molecule has 2 N–H and O–H groups in total. The lowest BCUT2D eigenvalue weighted by atomic mass is 10.2. The summed E-state index contributed by atoms with van der Waals surface area (Å²) in [5.74, 6) is 0.124. The van der Waals surface area contributed by atoms with Crippen LogP contribution >= 0.6 is 0 Å². The van der Waals surface area contributed by atoms with E-state index in [2.05, 4.69) is 17.2 Å². The SMILES string of the molecule is C=CCNC(=O)CNC(=O)c1ccc(OC)cc1. The van der Waals surface area contributed by atoms with Crippen LogP contribution < -0.4 is 15.4 Å². The molecule has 0 unspecified atom stereocenters. The summed E-state index contributed by atoms with van der Waals surface area (Å²) in [7, 11) is 1.55. The molecule has 0 heterocycles. The van der Waals surface area contributed by atoms with E-state index in [4.69, 9.17) is 4.74 Å². The summed E-state index contributed by atoms with van der Waals surface area (Å²) < 4.78 is 4.99. The van der Waals surface area contributed by atoms with Crippen LogP contribution in [0.25, 0.3) is 0 Å². The number of ether oxygens (including phenoxy) is 1. The minimum Gasteiger partial charge on any atom is -0.497 e. The molecule has 1 aromatic rings. The topological polar surface area (TPSA) is 67.4 Å². The maximum absolute atomic E-state index is 11.7. The number of amides is 2. The molecule has 0 aliphatic carbocycles. The number of methoxy groups -OCH3 is 1. The third-order valence-corrected chi connectivity index (χ3v) is 2.21. The van der Waals surface area contributed by atoms with E-state index in [-0.39, 0.29) is 18.4 Å². The molecule has 5 nitrogen and oxygen atoms in total. The second kappa shape index (κ2) is 7.11. The van der Waals surface area contributed by atoms with Crippen molar-refractivity contribution in [1.29, 1.82) is 0 Å². The lowest BCUT2D eigenvalue weighted by molar-refractivity contribution is -0.119. The van der Waals surface area contributed by atoms with Gasteiger partial charge in [0.2, 0.25) is 5.91 Å². The highest BCUT2D eigenvalue weighted by Gasteiger charge is 2.07. The van der Waals surface area contributed by atoms with Crippen LogP contribution in [-0.2, 0) is 4.79 Å². The zero-order valence-electron chi connectivity index (χ0n) is 10.2. The van der Waals surface area contributed by atoms with Gasteiger partial charge in [-0.2, -0.15) is 0 Å². The molecule has 0 aliphatic heterocycles. The van der Waals surface area contributed by atoms with Crippen LogP contribution in [0.2, 0.25) is 0 Å². The van der Waals surface area contributed by atoms with Gasteiger partial charge >= 0.3 is 0 Å². The van der Waals surface area contributed by atoms with Gasteiger partial charge in [0.15, 0.2) is 0 Å². The molecule has 1 aromatic carbocycles. The molecule has 0 aromatic heterocycles. The molecule has 0 bridgehead atoms. The van der Waals surface area contributed by atoms with Crippen LogP contribution in [0.1, 0.15) is 10.4 Å². The van der Waals surface area contributed by atoms with Crippen LogP contribution in [0.3, 0.4) is 0 Å². The predicted octanol–water partition coefficient (Wildman–Crippen LogP) is 0.727. The van der Waals surface area contributed by atoms with E-state index >= 15 is 0 Å². The van der Waals surface area contributed by atoms with Gasteiger partial charge in [-0.05, 0) is 24.3 Å². The molecule has 1 rings (SSSR count). The molecule has 0 saturated heterocycles. The molecule has 0 atom stereocenters. The molecular weight excluding hydrogens is 232 g/mol. The van der Waals surface area contributed by atoms with Gasteiger partial charge in [0.25, 0.3) is 5.91 Å². The van der Waals surface area contributed by atoms with Gasteiger partial charge in [-0.25, -0.2) is 0 Å². The Hall–Kier alpha value is -2.30. The summed E-state index contributed by atoms with van der Waals surface area (Å²) in [6.45, 7) is 3.81. The van der Waals surface area contributed by atoms with Crippen molar-refractivity contribution in [3.8, 4) is 5.75 Å². The van der Waals surface area contributed by atoms with Crippen molar-refractivity contribution in [1.82, 2.24) is 10.6 Å². The summed E-state index contributed by atoms with van der Waals surface area (Å²) in [5, 5.41) is 5.08. The van der Waals surface area contributed by atoms with Crippen molar-refractivity contribution in [2.45, 2.75) is 0 Å². The Morgan fingerprint density at radius 2 is 1.94 bits per heavy atom.